The van der Waals surface area contributed by atoms with E-state index in [0.717, 1.165) is 15.6 Å². The molecule has 0 bridgehead atoms. The van der Waals surface area contributed by atoms with Crippen molar-refractivity contribution in [3.63, 3.8) is 0 Å². The highest BCUT2D eigenvalue weighted by molar-refractivity contribution is 7.89. The smallest absolute Gasteiger partial charge is 0.262 e. The predicted octanol–water partition coefficient (Wildman–Crippen LogP) is 0.499. The molecule has 0 aromatic carbocycles. The molecule has 19 heavy (non-hydrogen) atoms. The topological polar surface area (TPSA) is 92.5 Å². The quantitative estimate of drug-likeness (QED) is 0.744. The van der Waals surface area contributed by atoms with E-state index >= 15 is 0 Å². The molecule has 3 N–H and O–H groups in total. The number of thiophene rings is 1. The fourth-order valence-corrected chi connectivity index (χ4v) is 3.46. The van der Waals surface area contributed by atoms with E-state index < -0.39 is 10.0 Å². The Morgan fingerprint density at radius 3 is 2.63 bits per heavy atom. The molecule has 1 heterocycles. The molecule has 0 atom stereocenters. The Kier molecular flexibility index (Phi) is 7.53. The summed E-state index contributed by atoms with van der Waals surface area (Å²) in [6.45, 7) is 0.919. The molecule has 0 spiro atoms. The second-order valence-corrected chi connectivity index (χ2v) is 6.84. The highest BCUT2D eigenvalue weighted by atomic mass is 35.5. The number of sulfonamides is 1. The number of rotatable bonds is 6. The van der Waals surface area contributed by atoms with E-state index in [9.17, 15) is 13.2 Å². The van der Waals surface area contributed by atoms with Crippen molar-refractivity contribution in [2.45, 2.75) is 11.3 Å². The number of nitrogens with two attached hydrogens (primary N) is 1. The monoisotopic (exact) mass is 327 g/mol. The van der Waals surface area contributed by atoms with Crippen LogP contribution in [0.3, 0.4) is 0 Å². The maximum absolute atomic E-state index is 12.0. The van der Waals surface area contributed by atoms with Gasteiger partial charge in [0, 0.05) is 20.6 Å². The largest absolute Gasteiger partial charge is 0.351 e. The van der Waals surface area contributed by atoms with E-state index in [1.165, 1.54) is 20.2 Å². The molecule has 0 radical (unpaired) electrons. The van der Waals surface area contributed by atoms with Crippen molar-refractivity contribution in [1.82, 2.24) is 9.62 Å². The summed E-state index contributed by atoms with van der Waals surface area (Å²) in [4.78, 5) is 12.1. The number of carbonyl (C=O) groups is 1. The van der Waals surface area contributed by atoms with Crippen LogP contribution in [-0.4, -0.2) is 45.8 Å². The third-order valence-electron chi connectivity index (χ3n) is 2.26. The molecular formula is C10H18ClN3O3S2. The zero-order valence-corrected chi connectivity index (χ0v) is 13.2. The summed E-state index contributed by atoms with van der Waals surface area (Å²) >= 11 is 1.11. The normalized spacial score (nSPS) is 11.2. The Hall–Kier alpha value is -0.670. The van der Waals surface area contributed by atoms with Gasteiger partial charge in [-0.25, -0.2) is 12.7 Å². The zero-order valence-electron chi connectivity index (χ0n) is 10.8. The van der Waals surface area contributed by atoms with Crippen LogP contribution in [0.15, 0.2) is 16.3 Å². The molecule has 110 valence electrons. The number of halogens is 1. The molecule has 1 aromatic heterocycles. The van der Waals surface area contributed by atoms with E-state index in [1.54, 1.807) is 5.38 Å². The van der Waals surface area contributed by atoms with Crippen molar-refractivity contribution >= 4 is 39.7 Å². The van der Waals surface area contributed by atoms with Crippen LogP contribution in [0.2, 0.25) is 0 Å². The fraction of sp³-hybridized carbons (Fsp3) is 0.500. The van der Waals surface area contributed by atoms with Gasteiger partial charge in [0.15, 0.2) is 0 Å². The Bertz CT molecular complexity index is 514. The van der Waals surface area contributed by atoms with E-state index in [2.05, 4.69) is 5.32 Å². The minimum atomic E-state index is -3.58. The third-order valence-corrected chi connectivity index (χ3v) is 5.16. The first-order valence-corrected chi connectivity index (χ1v) is 7.71. The van der Waals surface area contributed by atoms with Crippen molar-refractivity contribution in [2.24, 2.45) is 5.73 Å². The van der Waals surface area contributed by atoms with Gasteiger partial charge >= 0.3 is 0 Å². The molecule has 1 amide bonds. The molecule has 0 aliphatic rings. The highest BCUT2D eigenvalue weighted by Gasteiger charge is 2.25. The van der Waals surface area contributed by atoms with E-state index in [4.69, 9.17) is 5.73 Å². The minimum Gasteiger partial charge on any atom is -0.351 e. The molecule has 0 saturated carbocycles. The standard InChI is InChI=1S/C10H17N3O3S2.ClH/c1-13(2)18(15,16)8-4-7-17-9(8)10(14)12-6-3-5-11;/h4,7H,3,5-6,11H2,1-2H3,(H,12,14);1H. The number of nitrogens with one attached hydrogen (secondary N) is 1. The van der Waals surface area contributed by atoms with Gasteiger partial charge in [-0.15, -0.1) is 23.7 Å². The van der Waals surface area contributed by atoms with Crippen LogP contribution < -0.4 is 11.1 Å². The van der Waals surface area contributed by atoms with Gasteiger partial charge in [0.1, 0.15) is 9.77 Å². The number of carbonyl (C=O) groups excluding carboxylic acids is 1. The zero-order chi connectivity index (χ0) is 13.8. The van der Waals surface area contributed by atoms with Crippen LogP contribution in [0.25, 0.3) is 0 Å². The van der Waals surface area contributed by atoms with Gasteiger partial charge in [-0.1, -0.05) is 0 Å². The number of nitrogens with zero attached hydrogens (tertiary/aromatic N) is 1. The lowest BCUT2D eigenvalue weighted by atomic mass is 10.4. The second kappa shape index (κ2) is 7.81. The van der Waals surface area contributed by atoms with Crippen molar-refractivity contribution < 1.29 is 13.2 Å². The maximum Gasteiger partial charge on any atom is 0.262 e. The van der Waals surface area contributed by atoms with Gasteiger partial charge in [0.25, 0.3) is 5.91 Å². The van der Waals surface area contributed by atoms with E-state index in [-0.39, 0.29) is 28.1 Å². The third kappa shape index (κ3) is 4.43. The van der Waals surface area contributed by atoms with Gasteiger partial charge in [-0.3, -0.25) is 4.79 Å². The molecule has 6 nitrogen and oxygen atoms in total. The predicted molar refractivity (Wildman–Crippen MR) is 78.4 cm³/mol. The van der Waals surface area contributed by atoms with Crippen LogP contribution in [-0.2, 0) is 10.0 Å². The Labute approximate surface area is 123 Å². The van der Waals surface area contributed by atoms with E-state index in [0.29, 0.717) is 19.5 Å². The number of amides is 1. The molecular weight excluding hydrogens is 310 g/mol. The van der Waals surface area contributed by atoms with Crippen LogP contribution in [0.4, 0.5) is 0 Å². The first-order chi connectivity index (χ1) is 8.41. The highest BCUT2D eigenvalue weighted by Crippen LogP contribution is 2.23. The van der Waals surface area contributed by atoms with Crippen molar-refractivity contribution in [3.05, 3.63) is 16.3 Å². The summed E-state index contributed by atoms with van der Waals surface area (Å²) in [5.74, 6) is -0.376. The minimum absolute atomic E-state index is 0. The van der Waals surface area contributed by atoms with Gasteiger partial charge < -0.3 is 11.1 Å². The van der Waals surface area contributed by atoms with Crippen LogP contribution in [0.1, 0.15) is 16.1 Å². The van der Waals surface area contributed by atoms with Crippen molar-refractivity contribution in [1.29, 1.82) is 0 Å². The lowest BCUT2D eigenvalue weighted by Crippen LogP contribution is -2.28. The molecule has 9 heteroatoms. The average molecular weight is 328 g/mol. The number of hydrogen-bond donors (Lipinski definition) is 2. The van der Waals surface area contributed by atoms with Crippen LogP contribution in [0, 0.1) is 0 Å². The van der Waals surface area contributed by atoms with Gasteiger partial charge in [-0.2, -0.15) is 0 Å². The first-order valence-electron chi connectivity index (χ1n) is 5.39. The SMILES string of the molecule is CN(C)S(=O)(=O)c1ccsc1C(=O)NCCCN.Cl. The van der Waals surface area contributed by atoms with Crippen molar-refractivity contribution in [2.75, 3.05) is 27.2 Å². The summed E-state index contributed by atoms with van der Waals surface area (Å²) in [7, 11) is -0.714. The van der Waals surface area contributed by atoms with Crippen LogP contribution >= 0.6 is 23.7 Å². The van der Waals surface area contributed by atoms with Crippen LogP contribution in [0.5, 0.6) is 0 Å². The molecule has 0 unspecified atom stereocenters. The molecule has 1 rings (SSSR count). The molecule has 0 aliphatic heterocycles. The second-order valence-electron chi connectivity index (χ2n) is 3.80. The lowest BCUT2D eigenvalue weighted by molar-refractivity contribution is 0.0954. The Morgan fingerprint density at radius 1 is 1.47 bits per heavy atom. The summed E-state index contributed by atoms with van der Waals surface area (Å²) in [5.41, 5.74) is 5.32. The molecule has 0 fully saturated rings. The average Bonchev–Trinajstić information content (AvgIpc) is 2.78. The maximum atomic E-state index is 12.0. The van der Waals surface area contributed by atoms with Gasteiger partial charge in [-0.05, 0) is 24.4 Å². The fourth-order valence-electron chi connectivity index (χ4n) is 1.25. The van der Waals surface area contributed by atoms with E-state index in [1.807, 2.05) is 0 Å². The summed E-state index contributed by atoms with van der Waals surface area (Å²) in [5, 5.41) is 4.24. The summed E-state index contributed by atoms with van der Waals surface area (Å²) < 4.78 is 25.1. The van der Waals surface area contributed by atoms with Gasteiger partial charge in [0.05, 0.1) is 0 Å². The molecule has 0 saturated heterocycles. The Morgan fingerprint density at radius 2 is 2.11 bits per heavy atom. The van der Waals surface area contributed by atoms with Crippen molar-refractivity contribution in [3.8, 4) is 0 Å². The first kappa shape index (κ1) is 18.3. The number of hydrogen-bond acceptors (Lipinski definition) is 5. The Balaban J connectivity index is 0.00000324. The van der Waals surface area contributed by atoms with Gasteiger partial charge in [0.2, 0.25) is 10.0 Å². The lowest BCUT2D eigenvalue weighted by Gasteiger charge is -2.11. The summed E-state index contributed by atoms with van der Waals surface area (Å²) in [6, 6.07) is 1.44. The summed E-state index contributed by atoms with van der Waals surface area (Å²) in [6.07, 6.45) is 0.660. The molecule has 0 aliphatic carbocycles. The molecule has 1 aromatic rings.